The summed E-state index contributed by atoms with van der Waals surface area (Å²) < 4.78 is 0. The molecule has 82 valence electrons. The lowest BCUT2D eigenvalue weighted by Gasteiger charge is -2.02. The van der Waals surface area contributed by atoms with Crippen LogP contribution in [-0.4, -0.2) is 31.2 Å². The maximum atomic E-state index is 10.9. The minimum atomic E-state index is -1.02. The molecule has 16 heavy (non-hydrogen) atoms. The van der Waals surface area contributed by atoms with E-state index in [1.54, 1.807) is 12.1 Å². The predicted molar refractivity (Wildman–Crippen MR) is 57.1 cm³/mol. The van der Waals surface area contributed by atoms with E-state index in [2.05, 4.69) is 20.2 Å². The highest BCUT2D eigenvalue weighted by molar-refractivity contribution is 7.98. The van der Waals surface area contributed by atoms with Gasteiger partial charge >= 0.3 is 5.97 Å². The van der Waals surface area contributed by atoms with Gasteiger partial charge < -0.3 is 5.11 Å². The lowest BCUT2D eigenvalue weighted by molar-refractivity contribution is 0.0689. The third-order valence-electron chi connectivity index (χ3n) is 1.85. The molecule has 0 spiro atoms. The van der Waals surface area contributed by atoms with Gasteiger partial charge in [-0.2, -0.15) is 5.10 Å². The fraction of sp³-hybridized carbons (Fsp3) is 0.111. The van der Waals surface area contributed by atoms with Gasteiger partial charge in [0.15, 0.2) is 10.9 Å². The molecule has 6 nitrogen and oxygen atoms in total. The maximum Gasteiger partial charge on any atom is 0.354 e. The molecular formula is C9H8N4O2S. The van der Waals surface area contributed by atoms with Crippen LogP contribution < -0.4 is 0 Å². The number of pyridine rings is 1. The summed E-state index contributed by atoms with van der Waals surface area (Å²) in [5.74, 6) is -0.529. The van der Waals surface area contributed by atoms with Crippen molar-refractivity contribution in [3.05, 3.63) is 35.9 Å². The number of aromatic nitrogens is 4. The molecule has 0 aliphatic rings. The largest absolute Gasteiger partial charge is 0.477 e. The first-order valence-electron chi connectivity index (χ1n) is 4.42. The van der Waals surface area contributed by atoms with Gasteiger partial charge in [-0.25, -0.2) is 14.8 Å². The average molecular weight is 236 g/mol. The number of hydrogen-bond donors (Lipinski definition) is 2. The molecule has 7 heteroatoms. The second kappa shape index (κ2) is 4.75. The Kier molecular flexibility index (Phi) is 3.16. The third kappa shape index (κ3) is 2.37. The van der Waals surface area contributed by atoms with E-state index in [0.717, 1.165) is 0 Å². The van der Waals surface area contributed by atoms with E-state index in [4.69, 9.17) is 5.11 Å². The Balaban J connectivity index is 2.12. The summed E-state index contributed by atoms with van der Waals surface area (Å²) >= 11 is 1.38. The van der Waals surface area contributed by atoms with Crippen LogP contribution in [0.15, 0.2) is 29.8 Å². The number of carbonyl (C=O) groups is 1. The summed E-state index contributed by atoms with van der Waals surface area (Å²) in [6.45, 7) is 0. The highest BCUT2D eigenvalue weighted by Gasteiger charge is 2.11. The van der Waals surface area contributed by atoms with E-state index in [1.807, 2.05) is 0 Å². The molecule has 2 N–H and O–H groups in total. The van der Waals surface area contributed by atoms with E-state index >= 15 is 0 Å². The van der Waals surface area contributed by atoms with Gasteiger partial charge in [0.05, 0.1) is 0 Å². The topological polar surface area (TPSA) is 91.8 Å². The third-order valence-corrected chi connectivity index (χ3v) is 2.78. The molecule has 2 aromatic heterocycles. The number of H-pyrrole nitrogens is 1. The Bertz CT molecular complexity index is 486. The van der Waals surface area contributed by atoms with E-state index < -0.39 is 5.97 Å². The van der Waals surface area contributed by atoms with Gasteiger partial charge in [-0.3, -0.25) is 5.10 Å². The quantitative estimate of drug-likeness (QED) is 0.775. The average Bonchev–Trinajstić information content (AvgIpc) is 2.79. The monoisotopic (exact) mass is 236 g/mol. The highest BCUT2D eigenvalue weighted by Crippen LogP contribution is 2.19. The van der Waals surface area contributed by atoms with Crippen LogP contribution >= 0.6 is 11.8 Å². The first-order chi connectivity index (χ1) is 7.77. The molecule has 0 saturated heterocycles. The molecular weight excluding hydrogens is 228 g/mol. The van der Waals surface area contributed by atoms with Crippen LogP contribution in [0.5, 0.6) is 0 Å². The van der Waals surface area contributed by atoms with Crippen molar-refractivity contribution in [2.24, 2.45) is 0 Å². The van der Waals surface area contributed by atoms with Gasteiger partial charge in [0.2, 0.25) is 0 Å². The number of nitrogens with zero attached hydrogens (tertiary/aromatic N) is 3. The van der Waals surface area contributed by atoms with E-state index in [0.29, 0.717) is 16.5 Å². The zero-order valence-electron chi connectivity index (χ0n) is 8.12. The Morgan fingerprint density at radius 3 is 3.06 bits per heavy atom. The van der Waals surface area contributed by atoms with Crippen molar-refractivity contribution in [2.45, 2.75) is 10.9 Å². The number of thioether (sulfide) groups is 1. The van der Waals surface area contributed by atoms with E-state index in [1.165, 1.54) is 24.3 Å². The van der Waals surface area contributed by atoms with Gasteiger partial charge in [-0.05, 0) is 11.6 Å². The fourth-order valence-electron chi connectivity index (χ4n) is 1.16. The minimum Gasteiger partial charge on any atom is -0.477 e. The predicted octanol–water partition coefficient (Wildman–Crippen LogP) is 1.19. The summed E-state index contributed by atoms with van der Waals surface area (Å²) in [4.78, 5) is 18.6. The molecule has 0 amide bonds. The van der Waals surface area contributed by atoms with Gasteiger partial charge in [0, 0.05) is 11.9 Å². The normalized spacial score (nSPS) is 10.2. The van der Waals surface area contributed by atoms with Crippen LogP contribution in [0.3, 0.4) is 0 Å². The van der Waals surface area contributed by atoms with Crippen LogP contribution in [0.25, 0.3) is 0 Å². The molecule has 0 aliphatic carbocycles. The Labute approximate surface area is 95.1 Å². The first-order valence-corrected chi connectivity index (χ1v) is 5.41. The SMILES string of the molecule is O=C(O)c1ncccc1CSc1ncn[nH]1. The summed E-state index contributed by atoms with van der Waals surface area (Å²) in [7, 11) is 0. The van der Waals surface area contributed by atoms with Crippen LogP contribution in [0.1, 0.15) is 16.1 Å². The molecule has 0 aromatic carbocycles. The molecule has 2 heterocycles. The van der Waals surface area contributed by atoms with Gasteiger partial charge in [-0.15, -0.1) is 0 Å². The second-order valence-corrected chi connectivity index (χ2v) is 3.86. The summed E-state index contributed by atoms with van der Waals surface area (Å²) in [6, 6.07) is 3.45. The van der Waals surface area contributed by atoms with Crippen molar-refractivity contribution in [1.29, 1.82) is 0 Å². The maximum absolute atomic E-state index is 10.9. The number of aromatic carboxylic acids is 1. The molecule has 0 unspecified atom stereocenters. The summed E-state index contributed by atoms with van der Waals surface area (Å²) in [5.41, 5.74) is 0.742. The molecule has 2 aromatic rings. The molecule has 0 radical (unpaired) electrons. The number of aromatic amines is 1. The van der Waals surface area contributed by atoms with Gasteiger partial charge in [0.1, 0.15) is 6.33 Å². The highest BCUT2D eigenvalue weighted by atomic mass is 32.2. The molecule has 0 aliphatic heterocycles. The summed E-state index contributed by atoms with van der Waals surface area (Å²) in [5, 5.41) is 16.0. The number of nitrogens with one attached hydrogen (secondary N) is 1. The fourth-order valence-corrected chi connectivity index (χ4v) is 1.92. The number of hydrogen-bond acceptors (Lipinski definition) is 5. The Hall–Kier alpha value is -1.89. The van der Waals surface area contributed by atoms with Crippen molar-refractivity contribution in [2.75, 3.05) is 0 Å². The molecule has 0 bridgehead atoms. The lowest BCUT2D eigenvalue weighted by atomic mass is 10.2. The summed E-state index contributed by atoms with van der Waals surface area (Å²) in [6.07, 6.45) is 2.87. The van der Waals surface area contributed by atoms with E-state index in [-0.39, 0.29) is 5.69 Å². The number of rotatable bonds is 4. The van der Waals surface area contributed by atoms with Crippen molar-refractivity contribution >= 4 is 17.7 Å². The van der Waals surface area contributed by atoms with Crippen LogP contribution in [-0.2, 0) is 5.75 Å². The zero-order valence-corrected chi connectivity index (χ0v) is 8.94. The molecule has 0 saturated carbocycles. The Morgan fingerprint density at radius 2 is 2.38 bits per heavy atom. The zero-order chi connectivity index (χ0) is 11.4. The van der Waals surface area contributed by atoms with Crippen LogP contribution in [0.2, 0.25) is 0 Å². The van der Waals surface area contributed by atoms with Crippen LogP contribution in [0.4, 0.5) is 0 Å². The first kappa shape index (κ1) is 10.6. The standard InChI is InChI=1S/C9H8N4O2S/c14-8(15)7-6(2-1-3-10-7)4-16-9-11-5-12-13-9/h1-3,5H,4H2,(H,14,15)(H,11,12,13). The number of carboxylic acids is 1. The van der Waals surface area contributed by atoms with Crippen molar-refractivity contribution < 1.29 is 9.90 Å². The molecule has 0 fully saturated rings. The lowest BCUT2D eigenvalue weighted by Crippen LogP contribution is -2.04. The second-order valence-electron chi connectivity index (χ2n) is 2.90. The number of carboxylic acid groups (broad SMARTS) is 1. The van der Waals surface area contributed by atoms with Gasteiger partial charge in [-0.1, -0.05) is 17.8 Å². The molecule has 2 rings (SSSR count). The smallest absolute Gasteiger partial charge is 0.354 e. The van der Waals surface area contributed by atoms with Crippen molar-refractivity contribution in [1.82, 2.24) is 20.2 Å². The van der Waals surface area contributed by atoms with Crippen molar-refractivity contribution in [3.63, 3.8) is 0 Å². The molecule has 0 atom stereocenters. The van der Waals surface area contributed by atoms with Crippen LogP contribution in [0, 0.1) is 0 Å². The minimum absolute atomic E-state index is 0.0783. The van der Waals surface area contributed by atoms with E-state index in [9.17, 15) is 4.79 Å². The van der Waals surface area contributed by atoms with Gasteiger partial charge in [0.25, 0.3) is 0 Å². The Morgan fingerprint density at radius 1 is 1.50 bits per heavy atom. The van der Waals surface area contributed by atoms with Crippen molar-refractivity contribution in [3.8, 4) is 0 Å².